The SMILES string of the molecule is [CH2]CCCCCCCCCCCCCCC(=O)OCCN1CC[N+](CCO)=C1CCCCCCCCCCCCCC[CH2+]. The first-order valence-electron chi connectivity index (χ1n) is 18.9. The molecule has 0 unspecified atom stereocenters. The molecule has 0 saturated carbocycles. The highest BCUT2D eigenvalue weighted by atomic mass is 16.5. The van der Waals surface area contributed by atoms with Crippen molar-refractivity contribution < 1.29 is 19.2 Å². The second kappa shape index (κ2) is 30.8. The number of unbranched alkanes of at least 4 members (excludes halogenated alkanes) is 24. The van der Waals surface area contributed by atoms with Gasteiger partial charge in [0.15, 0.2) is 0 Å². The lowest BCUT2D eigenvalue weighted by Crippen LogP contribution is -2.33. The number of esters is 1. The molecule has 5 nitrogen and oxygen atoms in total. The summed E-state index contributed by atoms with van der Waals surface area (Å²) in [6.45, 7) is 11.9. The molecule has 1 N–H and O–H groups in total. The molecular weight excluding hydrogens is 532 g/mol. The number of aliphatic hydroxyl groups is 1. The van der Waals surface area contributed by atoms with Crippen LogP contribution in [0.2, 0.25) is 0 Å². The molecule has 1 rings (SSSR count). The average Bonchev–Trinajstić information content (AvgIpc) is 3.38. The molecule has 0 saturated heterocycles. The summed E-state index contributed by atoms with van der Waals surface area (Å²) in [5, 5.41) is 9.53. The van der Waals surface area contributed by atoms with Crippen LogP contribution in [0.25, 0.3) is 0 Å². The molecule has 43 heavy (non-hydrogen) atoms. The zero-order valence-corrected chi connectivity index (χ0v) is 28.6. The van der Waals surface area contributed by atoms with Gasteiger partial charge < -0.3 is 9.84 Å². The zero-order valence-electron chi connectivity index (χ0n) is 28.6. The van der Waals surface area contributed by atoms with Gasteiger partial charge in [-0.3, -0.25) is 14.3 Å². The number of hydrogen-bond donors (Lipinski definition) is 1. The Kier molecular flexibility index (Phi) is 28.5. The number of rotatable bonds is 33. The van der Waals surface area contributed by atoms with Crippen molar-refractivity contribution >= 4 is 11.8 Å². The molecule has 251 valence electrons. The first-order chi connectivity index (χ1) is 21.2. The van der Waals surface area contributed by atoms with Crippen LogP contribution < -0.4 is 0 Å². The van der Waals surface area contributed by atoms with Gasteiger partial charge in [-0.2, -0.15) is 0 Å². The van der Waals surface area contributed by atoms with Crippen LogP contribution in [0.4, 0.5) is 0 Å². The van der Waals surface area contributed by atoms with Gasteiger partial charge in [-0.05, 0) is 25.7 Å². The lowest BCUT2D eigenvalue weighted by molar-refractivity contribution is -0.521. The van der Waals surface area contributed by atoms with Gasteiger partial charge in [0.2, 0.25) is 5.84 Å². The fourth-order valence-corrected chi connectivity index (χ4v) is 6.40. The van der Waals surface area contributed by atoms with Gasteiger partial charge in [0.1, 0.15) is 32.8 Å². The van der Waals surface area contributed by atoms with E-state index in [2.05, 4.69) is 23.3 Å². The molecule has 0 atom stereocenters. The summed E-state index contributed by atoms with van der Waals surface area (Å²) in [5.74, 6) is 1.30. The smallest absolute Gasteiger partial charge is 0.305 e. The van der Waals surface area contributed by atoms with Gasteiger partial charge in [0, 0.05) is 12.8 Å². The third-order valence-corrected chi connectivity index (χ3v) is 9.15. The minimum atomic E-state index is -0.0409. The minimum absolute atomic E-state index is 0.0409. The van der Waals surface area contributed by atoms with E-state index in [4.69, 9.17) is 4.74 Å². The second-order valence-corrected chi connectivity index (χ2v) is 13.0. The number of ether oxygens (including phenoxy) is 1. The van der Waals surface area contributed by atoms with E-state index in [0.29, 0.717) is 19.6 Å². The number of carbonyl (C=O) groups is 1. The van der Waals surface area contributed by atoms with Crippen molar-refractivity contribution in [3.05, 3.63) is 13.8 Å². The number of nitrogens with zero attached hydrogens (tertiary/aromatic N) is 2. The van der Waals surface area contributed by atoms with E-state index in [0.717, 1.165) is 51.7 Å². The lowest BCUT2D eigenvalue weighted by atomic mass is 10.0. The average molecular weight is 606 g/mol. The van der Waals surface area contributed by atoms with Crippen molar-refractivity contribution in [3.63, 3.8) is 0 Å². The predicted molar refractivity (Wildman–Crippen MR) is 185 cm³/mol. The Morgan fingerprint density at radius 2 is 1.19 bits per heavy atom. The second-order valence-electron chi connectivity index (χ2n) is 13.0. The third kappa shape index (κ3) is 23.8. The van der Waals surface area contributed by atoms with Gasteiger partial charge in [0.25, 0.3) is 0 Å². The largest absolute Gasteiger partial charge is 0.462 e. The summed E-state index contributed by atoms with van der Waals surface area (Å²) >= 11 is 0. The first kappa shape index (κ1) is 39.8. The molecule has 0 bridgehead atoms. The quantitative estimate of drug-likeness (QED) is 0.0350. The van der Waals surface area contributed by atoms with Gasteiger partial charge in [-0.25, -0.2) is 0 Å². The molecule has 0 aromatic rings. The highest BCUT2D eigenvalue weighted by molar-refractivity contribution is 5.78. The Bertz CT molecular complexity index is 651. The molecule has 1 radical (unpaired) electrons. The first-order valence-corrected chi connectivity index (χ1v) is 18.9. The van der Waals surface area contributed by atoms with Crippen LogP contribution in [0, 0.1) is 13.8 Å². The van der Waals surface area contributed by atoms with Gasteiger partial charge >= 0.3 is 5.97 Å². The van der Waals surface area contributed by atoms with Crippen LogP contribution in [0.1, 0.15) is 180 Å². The summed E-state index contributed by atoms with van der Waals surface area (Å²) in [5.41, 5.74) is 0. The molecule has 5 heteroatoms. The summed E-state index contributed by atoms with van der Waals surface area (Å²) in [6.07, 6.45) is 35.5. The summed E-state index contributed by atoms with van der Waals surface area (Å²) in [6, 6.07) is 0. The highest BCUT2D eigenvalue weighted by Crippen LogP contribution is 2.16. The normalized spacial score (nSPS) is 13.4. The van der Waals surface area contributed by atoms with Crippen molar-refractivity contribution in [2.24, 2.45) is 0 Å². The molecular formula is C38H73N2O3+2. The molecule has 0 aromatic heterocycles. The fourth-order valence-electron chi connectivity index (χ4n) is 6.40. The van der Waals surface area contributed by atoms with E-state index in [1.54, 1.807) is 0 Å². The van der Waals surface area contributed by atoms with Crippen molar-refractivity contribution in [2.75, 3.05) is 39.4 Å². The van der Waals surface area contributed by atoms with Crippen LogP contribution in [-0.4, -0.2) is 65.8 Å². The number of β-amino-alcohol motifs (C(OH)–C–C–N with tert-alkyl or cyclic N) is 1. The van der Waals surface area contributed by atoms with E-state index < -0.39 is 0 Å². The lowest BCUT2D eigenvalue weighted by Gasteiger charge is -2.14. The molecule has 0 fully saturated rings. The van der Waals surface area contributed by atoms with Crippen LogP contribution in [0.15, 0.2) is 0 Å². The van der Waals surface area contributed by atoms with Crippen LogP contribution >= 0.6 is 0 Å². The summed E-state index contributed by atoms with van der Waals surface area (Å²) < 4.78 is 7.95. The van der Waals surface area contributed by atoms with E-state index in [1.165, 1.54) is 147 Å². The van der Waals surface area contributed by atoms with E-state index in [1.807, 2.05) is 0 Å². The van der Waals surface area contributed by atoms with Crippen LogP contribution in [-0.2, 0) is 9.53 Å². The topological polar surface area (TPSA) is 52.8 Å². The number of carbonyl (C=O) groups excluding carboxylic acids is 1. The summed E-state index contributed by atoms with van der Waals surface area (Å²) in [4.78, 5) is 14.7. The standard InChI is InChI=1S/C38H73N2O3/c1-3-5-7-9-11-13-15-17-19-21-23-25-27-29-37-39(33-35-41)31-32-40(37)34-36-43-38(42)30-28-26-24-22-20-18-16-14-12-10-8-6-4-2/h41H,1-36H2/q+2. The van der Waals surface area contributed by atoms with Crippen LogP contribution in [0.5, 0.6) is 0 Å². The maximum Gasteiger partial charge on any atom is 0.305 e. The molecule has 0 amide bonds. The van der Waals surface area contributed by atoms with Gasteiger partial charge in [-0.1, -0.05) is 142 Å². The van der Waals surface area contributed by atoms with E-state index in [-0.39, 0.29) is 12.6 Å². The van der Waals surface area contributed by atoms with Gasteiger partial charge in [0.05, 0.1) is 20.0 Å². The Morgan fingerprint density at radius 3 is 1.67 bits per heavy atom. The number of aliphatic hydroxyl groups excluding tert-OH is 1. The molecule has 0 spiro atoms. The molecule has 1 aliphatic heterocycles. The Hall–Kier alpha value is -1.23. The number of amidine groups is 1. The summed E-state index contributed by atoms with van der Waals surface area (Å²) in [7, 11) is 0. The zero-order chi connectivity index (χ0) is 31.1. The highest BCUT2D eigenvalue weighted by Gasteiger charge is 2.29. The molecule has 0 aliphatic carbocycles. The van der Waals surface area contributed by atoms with Gasteiger partial charge in [-0.15, -0.1) is 0 Å². The third-order valence-electron chi connectivity index (χ3n) is 9.15. The molecule has 0 aromatic carbocycles. The van der Waals surface area contributed by atoms with Crippen molar-refractivity contribution in [1.29, 1.82) is 0 Å². The van der Waals surface area contributed by atoms with Crippen molar-refractivity contribution in [2.45, 2.75) is 180 Å². The van der Waals surface area contributed by atoms with Crippen LogP contribution in [0.3, 0.4) is 0 Å². The predicted octanol–water partition coefficient (Wildman–Crippen LogP) is 9.84. The monoisotopic (exact) mass is 606 g/mol. The maximum atomic E-state index is 12.3. The number of hydrogen-bond acceptors (Lipinski definition) is 4. The van der Waals surface area contributed by atoms with Crippen molar-refractivity contribution in [3.8, 4) is 0 Å². The maximum absolute atomic E-state index is 12.3. The Balaban J connectivity index is 2.04. The van der Waals surface area contributed by atoms with Crippen molar-refractivity contribution in [1.82, 2.24) is 4.90 Å². The van der Waals surface area contributed by atoms with E-state index >= 15 is 0 Å². The molecule has 1 aliphatic rings. The Labute approximate surface area is 268 Å². The fraction of sp³-hybridized carbons (Fsp3) is 0.895. The Morgan fingerprint density at radius 1 is 0.721 bits per heavy atom. The minimum Gasteiger partial charge on any atom is -0.462 e. The van der Waals surface area contributed by atoms with E-state index in [9.17, 15) is 9.90 Å². The molecule has 1 heterocycles.